The van der Waals surface area contributed by atoms with E-state index in [2.05, 4.69) is 0 Å². The maximum absolute atomic E-state index is 11.3. The predicted octanol–water partition coefficient (Wildman–Crippen LogP) is 13.8. The summed E-state index contributed by atoms with van der Waals surface area (Å²) in [5.41, 5.74) is 10.8. The molecule has 0 saturated carbocycles. The quantitative estimate of drug-likeness (QED) is 0.0762. The minimum atomic E-state index is 0. The molecule has 0 spiro atoms. The predicted molar refractivity (Wildman–Crippen MR) is 294 cm³/mol. The molecule has 7 aromatic carbocycles. The number of phenolic OH excluding ortho intramolecular Hbond substituents is 4. The average molecular weight is 967 g/mol. The van der Waals surface area contributed by atoms with Gasteiger partial charge in [0, 0.05) is 42.8 Å². The third-order valence-electron chi connectivity index (χ3n) is 11.5. The van der Waals surface area contributed by atoms with Crippen molar-refractivity contribution in [2.45, 2.75) is 70.2 Å². The number of nitrogens with zero attached hydrogens (tertiary/aromatic N) is 6. The van der Waals surface area contributed by atoms with Crippen LogP contribution < -0.4 is 0 Å². The highest BCUT2D eigenvalue weighted by atomic mass is 16.3. The number of aromatic hydroxyl groups is 6. The fourth-order valence-corrected chi connectivity index (χ4v) is 8.23. The van der Waals surface area contributed by atoms with Gasteiger partial charge in [0.05, 0.1) is 28.1 Å². The van der Waals surface area contributed by atoms with Gasteiger partial charge >= 0.3 is 0 Å². The van der Waals surface area contributed by atoms with Gasteiger partial charge < -0.3 is 30.6 Å². The molecule has 12 heteroatoms. The van der Waals surface area contributed by atoms with Crippen molar-refractivity contribution in [1.29, 1.82) is 0 Å². The number of benzene rings is 7. The van der Waals surface area contributed by atoms with Crippen molar-refractivity contribution in [2.24, 2.45) is 0 Å². The first kappa shape index (κ1) is 55.7. The van der Waals surface area contributed by atoms with Gasteiger partial charge in [0.25, 0.3) is 0 Å². The second kappa shape index (κ2) is 23.6. The Morgan fingerprint density at radius 1 is 0.375 bits per heavy atom. The highest BCUT2D eigenvalue weighted by Gasteiger charge is 2.21. The van der Waals surface area contributed by atoms with E-state index in [1.165, 1.54) is 0 Å². The summed E-state index contributed by atoms with van der Waals surface area (Å²) in [5, 5.41) is 62.7. The molecule has 12 nitrogen and oxygen atoms in total. The third-order valence-corrected chi connectivity index (χ3v) is 11.5. The molecule has 11 aromatic rings. The van der Waals surface area contributed by atoms with E-state index in [1.54, 1.807) is 75.7 Å². The minimum absolute atomic E-state index is 0. The van der Waals surface area contributed by atoms with Crippen LogP contribution >= 0.6 is 0 Å². The van der Waals surface area contributed by atoms with E-state index in [1.807, 2.05) is 103 Å². The first-order chi connectivity index (χ1) is 32.1. The van der Waals surface area contributed by atoms with E-state index in [-0.39, 0.29) is 79.3 Å². The standard InChI is InChI=1S/C28H21N3O3.C26H21N3O3.6CH4/c32-20-9-6-18(7-10-20)15-24-28(34)31-25-13-8-19-16-21(33)11-12-22(19)26(25)29-23(27(31)30-24)14-17-4-2-1-3-5-17;30-20-10-6-18(7-11-20)15-23-26(32)29-16-24(19-8-12-21(31)13-9-19)27-22(25(29)28-23)14-17-4-2-1-3-5-17;;;;;;/h1-13,16,32-34H,14-15H2;1-13,16,30-32H,14-15H2;6*1H4. The molecule has 0 unspecified atom stereocenters. The molecule has 0 aliphatic heterocycles. The SMILES string of the molecule is C.C.C.C.C.C.Oc1ccc(Cc2nc3c(Cc4ccccc4)nc(-c4ccc(O)cc4)cn3c2O)cc1.Oc1ccc(Cc2nc3c(Cc4ccccc4)nc4c5ccc(O)cc5ccc4n3c2O)cc1. The van der Waals surface area contributed by atoms with Crippen molar-refractivity contribution >= 4 is 33.1 Å². The maximum Gasteiger partial charge on any atom is 0.220 e. The van der Waals surface area contributed by atoms with Crippen LogP contribution in [-0.2, 0) is 25.7 Å². The van der Waals surface area contributed by atoms with Crippen molar-refractivity contribution in [2.75, 3.05) is 0 Å². The molecule has 372 valence electrons. The van der Waals surface area contributed by atoms with Gasteiger partial charge in [-0.15, -0.1) is 0 Å². The molecule has 11 rings (SSSR count). The second-order valence-corrected chi connectivity index (χ2v) is 16.1. The molecule has 0 aliphatic rings. The number of phenols is 4. The van der Waals surface area contributed by atoms with Crippen LogP contribution in [0.15, 0.2) is 170 Å². The van der Waals surface area contributed by atoms with Gasteiger partial charge in [0.2, 0.25) is 11.8 Å². The van der Waals surface area contributed by atoms with E-state index in [9.17, 15) is 30.6 Å². The van der Waals surface area contributed by atoms with Crippen molar-refractivity contribution < 1.29 is 30.6 Å². The Morgan fingerprint density at radius 3 is 1.36 bits per heavy atom. The van der Waals surface area contributed by atoms with E-state index >= 15 is 0 Å². The van der Waals surface area contributed by atoms with Crippen LogP contribution in [0.1, 0.15) is 89.6 Å². The lowest BCUT2D eigenvalue weighted by molar-refractivity contribution is 0.442. The van der Waals surface area contributed by atoms with E-state index in [0.717, 1.165) is 61.0 Å². The van der Waals surface area contributed by atoms with Crippen LogP contribution in [0.25, 0.3) is 44.4 Å². The van der Waals surface area contributed by atoms with Crippen LogP contribution in [0, 0.1) is 0 Å². The smallest absolute Gasteiger partial charge is 0.220 e. The molecule has 72 heavy (non-hydrogen) atoms. The summed E-state index contributed by atoms with van der Waals surface area (Å²) in [5.74, 6) is 0.898. The van der Waals surface area contributed by atoms with Crippen molar-refractivity contribution in [3.05, 3.63) is 215 Å². The van der Waals surface area contributed by atoms with Crippen LogP contribution in [0.3, 0.4) is 0 Å². The Kier molecular flexibility index (Phi) is 18.3. The Bertz CT molecular complexity index is 3520. The van der Waals surface area contributed by atoms with E-state index in [4.69, 9.17) is 19.9 Å². The minimum Gasteiger partial charge on any atom is -0.508 e. The first-order valence-corrected chi connectivity index (χ1v) is 21.3. The molecule has 0 amide bonds. The molecule has 0 aliphatic carbocycles. The molecular weight excluding hydrogens is 901 g/mol. The van der Waals surface area contributed by atoms with Crippen LogP contribution in [-0.4, -0.2) is 59.4 Å². The fraction of sp³-hybridized carbons (Fsp3) is 0.167. The number of hydrogen-bond acceptors (Lipinski definition) is 10. The summed E-state index contributed by atoms with van der Waals surface area (Å²) in [6, 6.07) is 49.6. The van der Waals surface area contributed by atoms with E-state index in [0.29, 0.717) is 54.1 Å². The zero-order chi connectivity index (χ0) is 45.3. The molecule has 4 heterocycles. The van der Waals surface area contributed by atoms with Gasteiger partial charge in [0.15, 0.2) is 11.3 Å². The summed E-state index contributed by atoms with van der Waals surface area (Å²) in [4.78, 5) is 19.4. The molecule has 0 fully saturated rings. The number of fused-ring (bicyclic) bond motifs is 6. The molecule has 0 atom stereocenters. The highest BCUT2D eigenvalue weighted by molar-refractivity contribution is 6.05. The lowest BCUT2D eigenvalue weighted by Gasteiger charge is -2.11. The van der Waals surface area contributed by atoms with Crippen molar-refractivity contribution in [3.63, 3.8) is 0 Å². The summed E-state index contributed by atoms with van der Waals surface area (Å²) in [7, 11) is 0. The zero-order valence-corrected chi connectivity index (χ0v) is 35.4. The third kappa shape index (κ3) is 11.4. The molecule has 6 N–H and O–H groups in total. The summed E-state index contributed by atoms with van der Waals surface area (Å²) < 4.78 is 3.44. The van der Waals surface area contributed by atoms with E-state index < -0.39 is 0 Å². The second-order valence-electron chi connectivity index (χ2n) is 16.1. The number of aromatic nitrogens is 6. The summed E-state index contributed by atoms with van der Waals surface area (Å²) >= 11 is 0. The van der Waals surface area contributed by atoms with Gasteiger partial charge in [-0.25, -0.2) is 19.9 Å². The average Bonchev–Trinajstić information content (AvgIpc) is 3.83. The Morgan fingerprint density at radius 2 is 0.819 bits per heavy atom. The number of rotatable bonds is 9. The molecule has 0 radical (unpaired) electrons. The Labute approximate surface area is 422 Å². The number of hydrogen-bond donors (Lipinski definition) is 6. The Hall–Kier alpha value is -8.90. The lowest BCUT2D eigenvalue weighted by Crippen LogP contribution is -2.01. The monoisotopic (exact) mass is 967 g/mol. The lowest BCUT2D eigenvalue weighted by atomic mass is 10.1. The summed E-state index contributed by atoms with van der Waals surface area (Å²) in [6.07, 6.45) is 3.72. The fourth-order valence-electron chi connectivity index (χ4n) is 8.23. The Balaban J connectivity index is 0.000000289. The van der Waals surface area contributed by atoms with Gasteiger partial charge in [0.1, 0.15) is 34.4 Å². The maximum atomic E-state index is 11.3. The first-order valence-electron chi connectivity index (χ1n) is 21.3. The molecule has 4 aromatic heterocycles. The molecular formula is C60H66N6O6. The normalized spacial score (nSPS) is 10.4. The summed E-state index contributed by atoms with van der Waals surface area (Å²) in [6.45, 7) is 0. The van der Waals surface area contributed by atoms with Gasteiger partial charge in [-0.1, -0.05) is 136 Å². The molecule has 0 bridgehead atoms. The van der Waals surface area contributed by atoms with Crippen molar-refractivity contribution in [3.8, 4) is 46.0 Å². The van der Waals surface area contributed by atoms with Crippen LogP contribution in [0.4, 0.5) is 0 Å². The number of imidazole rings is 2. The largest absolute Gasteiger partial charge is 0.508 e. The topological polar surface area (TPSA) is 182 Å². The van der Waals surface area contributed by atoms with Gasteiger partial charge in [-0.05, 0) is 100 Å². The van der Waals surface area contributed by atoms with Crippen LogP contribution in [0.5, 0.6) is 34.8 Å². The van der Waals surface area contributed by atoms with Crippen molar-refractivity contribution in [1.82, 2.24) is 28.7 Å². The van der Waals surface area contributed by atoms with Crippen LogP contribution in [0.2, 0.25) is 0 Å². The molecule has 0 saturated heterocycles. The highest BCUT2D eigenvalue weighted by Crippen LogP contribution is 2.34. The van der Waals surface area contributed by atoms with Gasteiger partial charge in [-0.3, -0.25) is 8.80 Å². The van der Waals surface area contributed by atoms with Gasteiger partial charge in [-0.2, -0.15) is 0 Å². The zero-order valence-electron chi connectivity index (χ0n) is 35.4.